The highest BCUT2D eigenvalue weighted by Gasteiger charge is 2.10. The molecule has 1 radical (unpaired) electrons. The Morgan fingerprint density at radius 2 is 1.50 bits per heavy atom. The molecule has 0 aliphatic rings. The van der Waals surface area contributed by atoms with Gasteiger partial charge in [0.1, 0.15) is 0 Å². The Morgan fingerprint density at radius 1 is 1.10 bits per heavy atom. The highest BCUT2D eigenvalue weighted by molar-refractivity contribution is 4.86. The summed E-state index contributed by atoms with van der Waals surface area (Å²) in [6.07, 6.45) is 2.17. The molecule has 2 heteroatoms. The Labute approximate surface area is 64.0 Å². The van der Waals surface area contributed by atoms with E-state index in [2.05, 4.69) is 13.8 Å². The van der Waals surface area contributed by atoms with Crippen LogP contribution in [-0.2, 0) is 0 Å². The van der Waals surface area contributed by atoms with Crippen LogP contribution in [0.1, 0.15) is 26.7 Å². The lowest BCUT2D eigenvalue weighted by atomic mass is 9.90. The van der Waals surface area contributed by atoms with E-state index in [4.69, 9.17) is 11.5 Å². The van der Waals surface area contributed by atoms with Gasteiger partial charge in [-0.15, -0.1) is 0 Å². The number of nitrogens with two attached hydrogens (primary N) is 2. The molecule has 4 N–H and O–H groups in total. The standard InChI is InChI=1S/C8H19N2/c1-7(2)8(3-5-9)4-6-10/h8H,3-6,9-10H2,1-2H3. The van der Waals surface area contributed by atoms with Crippen molar-refractivity contribution in [3.63, 3.8) is 0 Å². The summed E-state index contributed by atoms with van der Waals surface area (Å²) in [6.45, 7) is 5.84. The molecule has 0 rings (SSSR count). The van der Waals surface area contributed by atoms with Crippen molar-refractivity contribution < 1.29 is 0 Å². The molecule has 0 saturated carbocycles. The summed E-state index contributed by atoms with van der Waals surface area (Å²) in [5.74, 6) is 2.10. The summed E-state index contributed by atoms with van der Waals surface area (Å²) in [7, 11) is 0. The van der Waals surface area contributed by atoms with E-state index in [0.717, 1.165) is 25.9 Å². The average molecular weight is 143 g/mol. The van der Waals surface area contributed by atoms with Crippen LogP contribution in [0.3, 0.4) is 0 Å². The van der Waals surface area contributed by atoms with E-state index in [1.807, 2.05) is 0 Å². The number of hydrogen-bond donors (Lipinski definition) is 2. The second-order valence-electron chi connectivity index (χ2n) is 2.93. The molecule has 0 atom stereocenters. The minimum Gasteiger partial charge on any atom is -0.330 e. The molecule has 0 aliphatic heterocycles. The van der Waals surface area contributed by atoms with Crippen molar-refractivity contribution >= 4 is 0 Å². The summed E-state index contributed by atoms with van der Waals surface area (Å²) in [5.41, 5.74) is 10.9. The van der Waals surface area contributed by atoms with Crippen LogP contribution in [0, 0.1) is 11.8 Å². The van der Waals surface area contributed by atoms with Crippen LogP contribution in [0.5, 0.6) is 0 Å². The Kier molecular flexibility index (Phi) is 5.64. The van der Waals surface area contributed by atoms with Crippen LogP contribution < -0.4 is 11.5 Å². The zero-order valence-electron chi connectivity index (χ0n) is 7.06. The molecule has 2 nitrogen and oxygen atoms in total. The lowest BCUT2D eigenvalue weighted by Gasteiger charge is -2.17. The first-order valence-corrected chi connectivity index (χ1v) is 3.92. The van der Waals surface area contributed by atoms with Crippen LogP contribution in [0.2, 0.25) is 0 Å². The van der Waals surface area contributed by atoms with Crippen molar-refractivity contribution in [1.29, 1.82) is 0 Å². The monoisotopic (exact) mass is 143 g/mol. The van der Waals surface area contributed by atoms with Gasteiger partial charge in [0, 0.05) is 0 Å². The average Bonchev–Trinajstić information content (AvgIpc) is 1.87. The fraction of sp³-hybridized carbons (Fsp3) is 0.875. The summed E-state index contributed by atoms with van der Waals surface area (Å²) in [6, 6.07) is 0. The highest BCUT2D eigenvalue weighted by atomic mass is 14.5. The van der Waals surface area contributed by atoms with Gasteiger partial charge < -0.3 is 11.5 Å². The van der Waals surface area contributed by atoms with Crippen LogP contribution >= 0.6 is 0 Å². The predicted octanol–water partition coefficient (Wildman–Crippen LogP) is 0.914. The molecule has 0 aromatic carbocycles. The molecule has 0 unspecified atom stereocenters. The summed E-state index contributed by atoms with van der Waals surface area (Å²) in [5, 5.41) is 0. The van der Waals surface area contributed by atoms with Crippen molar-refractivity contribution in [1.82, 2.24) is 0 Å². The zero-order chi connectivity index (χ0) is 7.98. The quantitative estimate of drug-likeness (QED) is 0.601. The van der Waals surface area contributed by atoms with Gasteiger partial charge in [-0.25, -0.2) is 0 Å². The maximum absolute atomic E-state index is 5.44. The molecule has 61 valence electrons. The predicted molar refractivity (Wildman–Crippen MR) is 45.4 cm³/mol. The first-order valence-electron chi connectivity index (χ1n) is 3.92. The van der Waals surface area contributed by atoms with Gasteiger partial charge in [0.15, 0.2) is 0 Å². The van der Waals surface area contributed by atoms with E-state index >= 15 is 0 Å². The Hall–Kier alpha value is -0.0800. The Morgan fingerprint density at radius 3 is 1.70 bits per heavy atom. The fourth-order valence-electron chi connectivity index (χ4n) is 1.12. The van der Waals surface area contributed by atoms with Crippen molar-refractivity contribution in [3.8, 4) is 0 Å². The van der Waals surface area contributed by atoms with Crippen molar-refractivity contribution in [3.05, 3.63) is 5.92 Å². The third-order valence-corrected chi connectivity index (χ3v) is 1.85. The molecule has 0 saturated heterocycles. The third-order valence-electron chi connectivity index (χ3n) is 1.85. The van der Waals surface area contributed by atoms with Gasteiger partial charge in [0.25, 0.3) is 0 Å². The molecular formula is C8H19N2. The number of hydrogen-bond acceptors (Lipinski definition) is 2. The molecule has 0 bridgehead atoms. The van der Waals surface area contributed by atoms with Crippen molar-refractivity contribution in [2.75, 3.05) is 13.1 Å². The molecule has 10 heavy (non-hydrogen) atoms. The first kappa shape index (κ1) is 9.92. The normalized spacial score (nSPS) is 11.4. The Bertz CT molecular complexity index is 65.7. The molecule has 0 aromatic rings. The SMILES string of the molecule is C[C](C)C(CCN)CCN. The fourth-order valence-corrected chi connectivity index (χ4v) is 1.12. The van der Waals surface area contributed by atoms with Gasteiger partial charge >= 0.3 is 0 Å². The molecular weight excluding hydrogens is 124 g/mol. The minimum absolute atomic E-state index is 0.648. The van der Waals surface area contributed by atoms with Gasteiger partial charge in [0.05, 0.1) is 0 Å². The van der Waals surface area contributed by atoms with Crippen LogP contribution in [0.15, 0.2) is 0 Å². The molecule has 0 heterocycles. The summed E-state index contributed by atoms with van der Waals surface area (Å²) in [4.78, 5) is 0. The second kappa shape index (κ2) is 5.69. The van der Waals surface area contributed by atoms with Crippen molar-refractivity contribution in [2.45, 2.75) is 26.7 Å². The maximum Gasteiger partial charge on any atom is -0.00744 e. The molecule has 0 amide bonds. The van der Waals surface area contributed by atoms with E-state index < -0.39 is 0 Å². The van der Waals surface area contributed by atoms with Gasteiger partial charge in [-0.05, 0) is 37.8 Å². The third kappa shape index (κ3) is 3.85. The molecule has 0 spiro atoms. The first-order chi connectivity index (χ1) is 4.72. The maximum atomic E-state index is 5.44. The van der Waals surface area contributed by atoms with Crippen LogP contribution in [0.25, 0.3) is 0 Å². The topological polar surface area (TPSA) is 52.0 Å². The number of rotatable bonds is 5. The van der Waals surface area contributed by atoms with Crippen LogP contribution in [-0.4, -0.2) is 13.1 Å². The second-order valence-corrected chi connectivity index (χ2v) is 2.93. The molecule has 0 aromatic heterocycles. The lowest BCUT2D eigenvalue weighted by Crippen LogP contribution is -2.16. The van der Waals surface area contributed by atoms with Crippen LogP contribution in [0.4, 0.5) is 0 Å². The van der Waals surface area contributed by atoms with E-state index in [0.29, 0.717) is 5.92 Å². The zero-order valence-corrected chi connectivity index (χ0v) is 7.06. The Balaban J connectivity index is 3.50. The molecule has 0 aliphatic carbocycles. The van der Waals surface area contributed by atoms with Gasteiger partial charge in [-0.3, -0.25) is 0 Å². The summed E-state index contributed by atoms with van der Waals surface area (Å²) >= 11 is 0. The largest absolute Gasteiger partial charge is 0.330 e. The van der Waals surface area contributed by atoms with E-state index in [-0.39, 0.29) is 0 Å². The van der Waals surface area contributed by atoms with Crippen molar-refractivity contribution in [2.24, 2.45) is 17.4 Å². The smallest absolute Gasteiger partial charge is 0.00744 e. The van der Waals surface area contributed by atoms with E-state index in [1.165, 1.54) is 5.92 Å². The van der Waals surface area contributed by atoms with Gasteiger partial charge in [-0.2, -0.15) is 0 Å². The van der Waals surface area contributed by atoms with Gasteiger partial charge in [-0.1, -0.05) is 13.8 Å². The molecule has 0 fully saturated rings. The van der Waals surface area contributed by atoms with E-state index in [1.54, 1.807) is 0 Å². The lowest BCUT2D eigenvalue weighted by molar-refractivity contribution is 0.481. The highest BCUT2D eigenvalue weighted by Crippen LogP contribution is 2.19. The van der Waals surface area contributed by atoms with Gasteiger partial charge in [0.2, 0.25) is 0 Å². The summed E-state index contributed by atoms with van der Waals surface area (Å²) < 4.78 is 0. The van der Waals surface area contributed by atoms with E-state index in [9.17, 15) is 0 Å². The minimum atomic E-state index is 0.648.